The maximum atomic E-state index is 11.0. The van der Waals surface area contributed by atoms with Crippen molar-refractivity contribution in [3.63, 3.8) is 0 Å². The lowest BCUT2D eigenvalue weighted by Gasteiger charge is -2.26. The first-order valence-electron chi connectivity index (χ1n) is 4.39. The lowest BCUT2D eigenvalue weighted by atomic mass is 9.82. The lowest BCUT2D eigenvalue weighted by molar-refractivity contribution is -0.148. The minimum absolute atomic E-state index is 0.454. The number of carbonyl (C=O) groups is 1. The normalized spacial score (nSPS) is 14.0. The zero-order valence-electron chi connectivity index (χ0n) is 8.57. The van der Waals surface area contributed by atoms with Gasteiger partial charge in [-0.15, -0.1) is 11.3 Å². The van der Waals surface area contributed by atoms with Crippen molar-refractivity contribution < 1.29 is 9.90 Å². The molecular weight excluding hydrogens is 198 g/mol. The summed E-state index contributed by atoms with van der Waals surface area (Å²) in [4.78, 5) is 12.1. The van der Waals surface area contributed by atoms with Crippen LogP contribution >= 0.6 is 11.3 Å². The number of carboxylic acids is 1. The smallest absolute Gasteiger partial charge is 0.311 e. The molecule has 4 heteroatoms. The average molecular weight is 213 g/mol. The van der Waals surface area contributed by atoms with Gasteiger partial charge in [0.25, 0.3) is 0 Å². The van der Waals surface area contributed by atoms with Crippen LogP contribution in [0.5, 0.6) is 0 Å². The van der Waals surface area contributed by atoms with Gasteiger partial charge in [0.05, 0.1) is 5.41 Å². The molecule has 0 aromatic carbocycles. The summed E-state index contributed by atoms with van der Waals surface area (Å²) in [5.41, 5.74) is 5.89. The highest BCUT2D eigenvalue weighted by Crippen LogP contribution is 2.33. The summed E-state index contributed by atoms with van der Waals surface area (Å²) >= 11 is 1.59. The molecular formula is C10H15NO2S. The molecule has 0 radical (unpaired) electrons. The van der Waals surface area contributed by atoms with Crippen LogP contribution in [0, 0.1) is 12.3 Å². The van der Waals surface area contributed by atoms with Gasteiger partial charge in [-0.05, 0) is 37.8 Å². The molecule has 1 aromatic rings. The van der Waals surface area contributed by atoms with E-state index in [2.05, 4.69) is 0 Å². The largest absolute Gasteiger partial charge is 0.481 e. The van der Waals surface area contributed by atoms with E-state index in [-0.39, 0.29) is 0 Å². The van der Waals surface area contributed by atoms with Crippen LogP contribution < -0.4 is 5.73 Å². The topological polar surface area (TPSA) is 63.3 Å². The van der Waals surface area contributed by atoms with Crippen molar-refractivity contribution in [3.05, 3.63) is 21.9 Å². The van der Waals surface area contributed by atoms with Crippen molar-refractivity contribution in [2.75, 3.05) is 0 Å². The van der Waals surface area contributed by atoms with Crippen LogP contribution in [0.1, 0.15) is 30.3 Å². The van der Waals surface area contributed by atoms with Gasteiger partial charge in [0, 0.05) is 10.9 Å². The molecule has 1 rings (SSSR count). The molecule has 1 atom stereocenters. The third-order valence-electron chi connectivity index (χ3n) is 2.44. The molecule has 3 N–H and O–H groups in total. The van der Waals surface area contributed by atoms with Crippen molar-refractivity contribution in [3.8, 4) is 0 Å². The number of hydrogen-bond acceptors (Lipinski definition) is 3. The first-order chi connectivity index (χ1) is 6.35. The Balaban J connectivity index is 2.95. The highest BCUT2D eigenvalue weighted by atomic mass is 32.1. The van der Waals surface area contributed by atoms with Crippen molar-refractivity contribution in [1.82, 2.24) is 0 Å². The Morgan fingerprint density at radius 3 is 2.57 bits per heavy atom. The highest BCUT2D eigenvalue weighted by Gasteiger charge is 2.35. The van der Waals surface area contributed by atoms with Crippen LogP contribution in [0.2, 0.25) is 0 Å². The fraction of sp³-hybridized carbons (Fsp3) is 0.500. The van der Waals surface area contributed by atoms with Crippen LogP contribution in [0.25, 0.3) is 0 Å². The van der Waals surface area contributed by atoms with E-state index < -0.39 is 17.4 Å². The molecule has 0 saturated heterocycles. The van der Waals surface area contributed by atoms with Crippen LogP contribution in [0.3, 0.4) is 0 Å². The second kappa shape index (κ2) is 3.71. The van der Waals surface area contributed by atoms with Crippen LogP contribution in [0.15, 0.2) is 11.4 Å². The van der Waals surface area contributed by atoms with Crippen LogP contribution in [0.4, 0.5) is 0 Å². The van der Waals surface area contributed by atoms with Crippen molar-refractivity contribution in [2.45, 2.75) is 26.8 Å². The Labute approximate surface area is 87.6 Å². The Morgan fingerprint density at radius 2 is 2.21 bits per heavy atom. The molecule has 3 nitrogen and oxygen atoms in total. The Morgan fingerprint density at radius 1 is 1.64 bits per heavy atom. The van der Waals surface area contributed by atoms with E-state index in [9.17, 15) is 4.79 Å². The van der Waals surface area contributed by atoms with Crippen LogP contribution in [-0.4, -0.2) is 11.1 Å². The molecule has 1 heterocycles. The molecule has 0 aliphatic heterocycles. The maximum absolute atomic E-state index is 11.0. The summed E-state index contributed by atoms with van der Waals surface area (Å²) in [6.45, 7) is 5.27. The molecule has 14 heavy (non-hydrogen) atoms. The predicted octanol–water partition coefficient (Wildman–Crippen LogP) is 2.17. The maximum Gasteiger partial charge on any atom is 0.311 e. The second-order valence-corrected chi connectivity index (χ2v) is 5.11. The minimum atomic E-state index is -0.923. The molecule has 0 bridgehead atoms. The van der Waals surface area contributed by atoms with Gasteiger partial charge < -0.3 is 10.8 Å². The molecule has 1 aromatic heterocycles. The summed E-state index contributed by atoms with van der Waals surface area (Å²) in [5, 5.41) is 10.9. The van der Waals surface area contributed by atoms with Gasteiger partial charge >= 0.3 is 5.97 Å². The molecule has 0 unspecified atom stereocenters. The number of rotatable bonds is 3. The number of aryl methyl sites for hydroxylation is 1. The van der Waals surface area contributed by atoms with Crippen molar-refractivity contribution in [1.29, 1.82) is 0 Å². The molecule has 0 aliphatic rings. The molecule has 0 spiro atoms. The Kier molecular flexibility index (Phi) is 2.97. The zero-order valence-corrected chi connectivity index (χ0v) is 9.39. The number of nitrogens with two attached hydrogens (primary N) is 1. The van der Waals surface area contributed by atoms with Crippen molar-refractivity contribution in [2.24, 2.45) is 11.1 Å². The summed E-state index contributed by atoms with van der Waals surface area (Å²) in [6, 6.07) is 1.49. The number of aliphatic carboxylic acids is 1. The predicted molar refractivity (Wildman–Crippen MR) is 57.4 cm³/mol. The van der Waals surface area contributed by atoms with E-state index in [1.807, 2.05) is 18.4 Å². The standard InChI is InChI=1S/C10H15NO2S/c1-6-4-7(5-14-6)8(11)10(2,3)9(12)13/h4-5,8H,11H2,1-3H3,(H,12,13)/t8-/m1/s1. The van der Waals surface area contributed by atoms with Gasteiger partial charge in [0.15, 0.2) is 0 Å². The third-order valence-corrected chi connectivity index (χ3v) is 3.32. The van der Waals surface area contributed by atoms with E-state index in [4.69, 9.17) is 10.8 Å². The molecule has 0 amide bonds. The first kappa shape index (κ1) is 11.2. The van der Waals surface area contributed by atoms with Crippen LogP contribution in [-0.2, 0) is 4.79 Å². The second-order valence-electron chi connectivity index (χ2n) is 4.00. The summed E-state index contributed by atoms with van der Waals surface area (Å²) in [6.07, 6.45) is 0. The van der Waals surface area contributed by atoms with Gasteiger partial charge in [-0.1, -0.05) is 0 Å². The summed E-state index contributed by atoms with van der Waals surface area (Å²) in [7, 11) is 0. The van der Waals surface area contributed by atoms with Gasteiger partial charge in [0.2, 0.25) is 0 Å². The molecule has 0 aliphatic carbocycles. The fourth-order valence-corrected chi connectivity index (χ4v) is 1.92. The monoisotopic (exact) mass is 213 g/mol. The summed E-state index contributed by atoms with van der Waals surface area (Å²) < 4.78 is 0. The van der Waals surface area contributed by atoms with E-state index >= 15 is 0 Å². The quantitative estimate of drug-likeness (QED) is 0.808. The van der Waals surface area contributed by atoms with Gasteiger partial charge in [-0.25, -0.2) is 0 Å². The van der Waals surface area contributed by atoms with E-state index in [1.54, 1.807) is 25.2 Å². The van der Waals surface area contributed by atoms with E-state index in [0.29, 0.717) is 0 Å². The van der Waals surface area contributed by atoms with E-state index in [0.717, 1.165) is 10.4 Å². The Bertz CT molecular complexity index is 344. The first-order valence-corrected chi connectivity index (χ1v) is 5.27. The average Bonchev–Trinajstić information content (AvgIpc) is 2.50. The number of carboxylic acid groups (broad SMARTS) is 1. The molecule has 0 fully saturated rings. The zero-order chi connectivity index (χ0) is 10.9. The Hall–Kier alpha value is -0.870. The number of hydrogen-bond donors (Lipinski definition) is 2. The minimum Gasteiger partial charge on any atom is -0.481 e. The highest BCUT2D eigenvalue weighted by molar-refractivity contribution is 7.10. The lowest BCUT2D eigenvalue weighted by Crippen LogP contribution is -2.36. The van der Waals surface area contributed by atoms with E-state index in [1.165, 1.54) is 0 Å². The number of thiophene rings is 1. The summed E-state index contributed by atoms with van der Waals surface area (Å²) in [5.74, 6) is -0.867. The van der Waals surface area contributed by atoms with Crippen molar-refractivity contribution >= 4 is 17.3 Å². The van der Waals surface area contributed by atoms with Gasteiger partial charge in [-0.3, -0.25) is 4.79 Å². The fourth-order valence-electron chi connectivity index (χ4n) is 1.18. The third kappa shape index (κ3) is 1.96. The molecule has 78 valence electrons. The van der Waals surface area contributed by atoms with Gasteiger partial charge in [0.1, 0.15) is 0 Å². The molecule has 0 saturated carbocycles. The van der Waals surface area contributed by atoms with Gasteiger partial charge in [-0.2, -0.15) is 0 Å². The SMILES string of the molecule is Cc1cc([C@@H](N)C(C)(C)C(=O)O)cs1.